The fourth-order valence-corrected chi connectivity index (χ4v) is 3.95. The second-order valence-corrected chi connectivity index (χ2v) is 7.54. The molecule has 3 aliphatic heterocycles. The van der Waals surface area contributed by atoms with Gasteiger partial charge in [0, 0.05) is 25.2 Å². The average molecular weight is 394 g/mol. The summed E-state index contributed by atoms with van der Waals surface area (Å²) in [6.45, 7) is 4.75. The maximum absolute atomic E-state index is 13.2. The van der Waals surface area contributed by atoms with E-state index in [-0.39, 0.29) is 18.5 Å². The highest BCUT2D eigenvalue weighted by Crippen LogP contribution is 2.33. The number of cyclic esters (lactones) is 1. The smallest absolute Gasteiger partial charge is 0.415 e. The van der Waals surface area contributed by atoms with Gasteiger partial charge in [-0.2, -0.15) is 0 Å². The number of rotatable bonds is 4. The number of fused-ring (bicyclic) bond motifs is 1. The number of carbonyl (C=O) groups is 2. The van der Waals surface area contributed by atoms with E-state index in [1.807, 2.05) is 13.0 Å². The molecule has 1 atom stereocenters. The Morgan fingerprint density at radius 1 is 1.17 bits per heavy atom. The molecule has 2 N–H and O–H groups in total. The highest BCUT2D eigenvalue weighted by atomic mass is 16.6. The SMILES string of the molecule is C[C@H]1COC(=O)N1c1cccc(N2Cc3c(cc(N4CCC4)nc3CN)C2=O)n1. The first-order chi connectivity index (χ1) is 14.1. The summed E-state index contributed by atoms with van der Waals surface area (Å²) in [5, 5.41) is 0. The van der Waals surface area contributed by atoms with Crippen LogP contribution in [-0.2, 0) is 17.8 Å². The number of aromatic nitrogens is 2. The highest BCUT2D eigenvalue weighted by Gasteiger charge is 2.35. The van der Waals surface area contributed by atoms with Crippen LogP contribution in [0.2, 0.25) is 0 Å². The number of hydrogen-bond acceptors (Lipinski definition) is 7. The summed E-state index contributed by atoms with van der Waals surface area (Å²) in [6, 6.07) is 7.06. The summed E-state index contributed by atoms with van der Waals surface area (Å²) >= 11 is 0. The highest BCUT2D eigenvalue weighted by molar-refractivity contribution is 6.10. The molecule has 0 bridgehead atoms. The van der Waals surface area contributed by atoms with E-state index in [0.29, 0.717) is 30.4 Å². The van der Waals surface area contributed by atoms with Crippen LogP contribution in [0.4, 0.5) is 22.2 Å². The van der Waals surface area contributed by atoms with Gasteiger partial charge in [0.25, 0.3) is 5.91 Å². The minimum absolute atomic E-state index is 0.108. The number of carbonyl (C=O) groups excluding carboxylic acids is 2. The number of nitrogens with two attached hydrogens (primary N) is 1. The number of nitrogens with zero attached hydrogens (tertiary/aromatic N) is 5. The van der Waals surface area contributed by atoms with Crippen molar-refractivity contribution < 1.29 is 14.3 Å². The Labute approximate surface area is 168 Å². The second kappa shape index (κ2) is 6.70. The molecular formula is C20H22N6O3. The van der Waals surface area contributed by atoms with Crippen LogP contribution in [0.5, 0.6) is 0 Å². The summed E-state index contributed by atoms with van der Waals surface area (Å²) in [4.78, 5) is 39.8. The van der Waals surface area contributed by atoms with Gasteiger partial charge in [0.1, 0.15) is 24.1 Å². The van der Waals surface area contributed by atoms with Crippen molar-refractivity contribution >= 4 is 29.5 Å². The molecule has 150 valence electrons. The van der Waals surface area contributed by atoms with Crippen LogP contribution in [0.25, 0.3) is 0 Å². The lowest BCUT2D eigenvalue weighted by Gasteiger charge is -2.32. The van der Waals surface area contributed by atoms with Crippen LogP contribution in [0.1, 0.15) is 35.0 Å². The van der Waals surface area contributed by atoms with Crippen molar-refractivity contribution in [2.24, 2.45) is 5.73 Å². The first-order valence-corrected chi connectivity index (χ1v) is 9.79. The van der Waals surface area contributed by atoms with Crippen LogP contribution < -0.4 is 20.4 Å². The van der Waals surface area contributed by atoms with E-state index in [0.717, 1.165) is 36.6 Å². The molecule has 5 heterocycles. The summed E-state index contributed by atoms with van der Waals surface area (Å²) in [5.41, 5.74) is 8.16. The molecule has 2 aromatic rings. The number of pyridine rings is 2. The van der Waals surface area contributed by atoms with E-state index in [2.05, 4.69) is 14.9 Å². The van der Waals surface area contributed by atoms with E-state index in [4.69, 9.17) is 10.5 Å². The van der Waals surface area contributed by atoms with Crippen molar-refractivity contribution in [2.75, 3.05) is 34.4 Å². The predicted octanol–water partition coefficient (Wildman–Crippen LogP) is 1.65. The molecule has 9 heteroatoms. The van der Waals surface area contributed by atoms with Crippen molar-refractivity contribution in [3.63, 3.8) is 0 Å². The zero-order chi connectivity index (χ0) is 20.1. The molecule has 0 aliphatic carbocycles. The van der Waals surface area contributed by atoms with Crippen LogP contribution in [0, 0.1) is 0 Å². The largest absolute Gasteiger partial charge is 0.447 e. The van der Waals surface area contributed by atoms with E-state index in [9.17, 15) is 9.59 Å². The minimum atomic E-state index is -0.424. The van der Waals surface area contributed by atoms with E-state index >= 15 is 0 Å². The second-order valence-electron chi connectivity index (χ2n) is 7.54. The molecule has 29 heavy (non-hydrogen) atoms. The zero-order valence-electron chi connectivity index (χ0n) is 16.2. The maximum Gasteiger partial charge on any atom is 0.415 e. The molecule has 2 saturated heterocycles. The molecule has 3 aliphatic rings. The Bertz CT molecular complexity index is 1010. The average Bonchev–Trinajstić information content (AvgIpc) is 3.19. The van der Waals surface area contributed by atoms with E-state index < -0.39 is 6.09 Å². The molecule has 9 nitrogen and oxygen atoms in total. The number of ether oxygens (including phenoxy) is 1. The monoisotopic (exact) mass is 394 g/mol. The van der Waals surface area contributed by atoms with Gasteiger partial charge < -0.3 is 15.4 Å². The number of amides is 2. The Morgan fingerprint density at radius 3 is 2.62 bits per heavy atom. The normalized spacial score (nSPS) is 20.8. The molecular weight excluding hydrogens is 372 g/mol. The van der Waals surface area contributed by atoms with Gasteiger partial charge in [0.2, 0.25) is 0 Å². The van der Waals surface area contributed by atoms with Gasteiger partial charge in [-0.05, 0) is 31.5 Å². The van der Waals surface area contributed by atoms with Gasteiger partial charge in [-0.15, -0.1) is 0 Å². The van der Waals surface area contributed by atoms with Crippen molar-refractivity contribution in [3.05, 3.63) is 41.1 Å². The molecule has 2 fully saturated rings. The van der Waals surface area contributed by atoms with Crippen LogP contribution in [-0.4, -0.2) is 47.7 Å². The standard InChI is InChI=1S/C20H22N6O3/c1-12-11-29-20(28)26(12)17-5-2-4-16(23-17)25-10-14-13(19(25)27)8-18(22-15(14)9-21)24-6-3-7-24/h2,4-5,8,12H,3,6-7,9-11,21H2,1H3/t12-/m0/s1. The Kier molecular flexibility index (Phi) is 4.13. The first-order valence-electron chi connectivity index (χ1n) is 9.79. The molecule has 2 amide bonds. The third-order valence-corrected chi connectivity index (χ3v) is 5.69. The van der Waals surface area contributed by atoms with Gasteiger partial charge in [-0.25, -0.2) is 14.8 Å². The fourth-order valence-electron chi connectivity index (χ4n) is 3.95. The summed E-state index contributed by atoms with van der Waals surface area (Å²) in [6.07, 6.45) is 0.706. The summed E-state index contributed by atoms with van der Waals surface area (Å²) in [7, 11) is 0. The predicted molar refractivity (Wildman–Crippen MR) is 107 cm³/mol. The molecule has 0 radical (unpaired) electrons. The quantitative estimate of drug-likeness (QED) is 0.841. The topological polar surface area (TPSA) is 105 Å². The van der Waals surface area contributed by atoms with Gasteiger partial charge >= 0.3 is 6.09 Å². The lowest BCUT2D eigenvalue weighted by atomic mass is 10.1. The van der Waals surface area contributed by atoms with Crippen LogP contribution in [0.3, 0.4) is 0 Å². The minimum Gasteiger partial charge on any atom is -0.447 e. The number of anilines is 3. The summed E-state index contributed by atoms with van der Waals surface area (Å²) in [5.74, 6) is 1.64. The van der Waals surface area contributed by atoms with Crippen molar-refractivity contribution in [3.8, 4) is 0 Å². The molecule has 5 rings (SSSR count). The zero-order valence-corrected chi connectivity index (χ0v) is 16.2. The van der Waals surface area contributed by atoms with Crippen LogP contribution in [0.15, 0.2) is 24.3 Å². The van der Waals surface area contributed by atoms with Gasteiger partial charge in [-0.1, -0.05) is 6.07 Å². The lowest BCUT2D eigenvalue weighted by Crippen LogP contribution is -2.38. The number of hydrogen-bond donors (Lipinski definition) is 1. The summed E-state index contributed by atoms with van der Waals surface area (Å²) < 4.78 is 5.09. The Morgan fingerprint density at radius 2 is 1.97 bits per heavy atom. The molecule has 2 aromatic heterocycles. The molecule has 0 saturated carbocycles. The molecule has 0 unspecified atom stereocenters. The maximum atomic E-state index is 13.2. The first kappa shape index (κ1) is 17.9. The molecule has 0 aromatic carbocycles. The third-order valence-electron chi connectivity index (χ3n) is 5.69. The van der Waals surface area contributed by atoms with Gasteiger partial charge in [-0.3, -0.25) is 14.6 Å². The lowest BCUT2D eigenvalue weighted by molar-refractivity contribution is 0.0996. The van der Waals surface area contributed by atoms with Gasteiger partial charge in [0.15, 0.2) is 0 Å². The van der Waals surface area contributed by atoms with Crippen molar-refractivity contribution in [1.82, 2.24) is 9.97 Å². The van der Waals surface area contributed by atoms with Crippen molar-refractivity contribution in [1.29, 1.82) is 0 Å². The Hall–Kier alpha value is -3.20. The fraction of sp³-hybridized carbons (Fsp3) is 0.400. The van der Waals surface area contributed by atoms with Gasteiger partial charge in [0.05, 0.1) is 23.8 Å². The Balaban J connectivity index is 1.49. The van der Waals surface area contributed by atoms with E-state index in [1.165, 1.54) is 4.90 Å². The van der Waals surface area contributed by atoms with Crippen molar-refractivity contribution in [2.45, 2.75) is 32.5 Å². The van der Waals surface area contributed by atoms with Crippen LogP contribution >= 0.6 is 0 Å². The molecule has 0 spiro atoms. The van der Waals surface area contributed by atoms with E-state index in [1.54, 1.807) is 23.1 Å². The third kappa shape index (κ3) is 2.80.